The van der Waals surface area contributed by atoms with E-state index in [-0.39, 0.29) is 11.8 Å². The van der Waals surface area contributed by atoms with Gasteiger partial charge in [-0.3, -0.25) is 9.69 Å². The van der Waals surface area contributed by atoms with Crippen LogP contribution in [0.15, 0.2) is 18.2 Å². The predicted molar refractivity (Wildman–Crippen MR) is 89.9 cm³/mol. The number of rotatable bonds is 1. The average molecular weight is 335 g/mol. The zero-order chi connectivity index (χ0) is 15.8. The fraction of sp³-hybridized carbons (Fsp3) is 0.611. The molecule has 23 heavy (non-hydrogen) atoms. The summed E-state index contributed by atoms with van der Waals surface area (Å²) in [5.41, 5.74) is 1.06. The first-order valence-electron chi connectivity index (χ1n) is 8.65. The van der Waals surface area contributed by atoms with Gasteiger partial charge in [0.25, 0.3) is 0 Å². The van der Waals surface area contributed by atoms with Crippen LogP contribution in [-0.4, -0.2) is 54.5 Å². The Morgan fingerprint density at radius 3 is 3.00 bits per heavy atom. The standard InChI is InChI=1S/C18H23ClN2O2/c19-15-4-5-17-13(10-15)9-14(12-23-17)18(22)21-8-2-7-20-6-1-3-16(20)11-21/h4-5,10,14,16H,1-3,6-9,11-12H2. The highest BCUT2D eigenvalue weighted by atomic mass is 35.5. The van der Waals surface area contributed by atoms with Crippen LogP contribution in [0.3, 0.4) is 0 Å². The van der Waals surface area contributed by atoms with Crippen LogP contribution in [0.5, 0.6) is 5.75 Å². The zero-order valence-corrected chi connectivity index (χ0v) is 14.1. The second kappa shape index (κ2) is 6.33. The largest absolute Gasteiger partial charge is 0.492 e. The molecular weight excluding hydrogens is 312 g/mol. The van der Waals surface area contributed by atoms with E-state index in [9.17, 15) is 4.79 Å². The number of hydrogen-bond donors (Lipinski definition) is 0. The molecule has 0 saturated carbocycles. The van der Waals surface area contributed by atoms with Gasteiger partial charge in [0.2, 0.25) is 5.91 Å². The number of nitrogens with zero attached hydrogens (tertiary/aromatic N) is 2. The third-order valence-electron chi connectivity index (χ3n) is 5.39. The number of halogens is 1. The van der Waals surface area contributed by atoms with Crippen molar-refractivity contribution in [1.29, 1.82) is 0 Å². The monoisotopic (exact) mass is 334 g/mol. The fourth-order valence-electron chi connectivity index (χ4n) is 4.19. The van der Waals surface area contributed by atoms with Crippen LogP contribution in [-0.2, 0) is 11.2 Å². The maximum atomic E-state index is 13.0. The first-order valence-corrected chi connectivity index (χ1v) is 9.02. The molecule has 1 amide bonds. The lowest BCUT2D eigenvalue weighted by molar-refractivity contribution is -0.137. The number of ether oxygens (including phenoxy) is 1. The van der Waals surface area contributed by atoms with Crippen LogP contribution in [0, 0.1) is 5.92 Å². The van der Waals surface area contributed by atoms with Crippen molar-refractivity contribution in [2.24, 2.45) is 5.92 Å². The predicted octanol–water partition coefficient (Wildman–Crippen LogP) is 2.59. The van der Waals surface area contributed by atoms with Crippen molar-refractivity contribution in [3.63, 3.8) is 0 Å². The van der Waals surface area contributed by atoms with Gasteiger partial charge in [0.15, 0.2) is 0 Å². The van der Waals surface area contributed by atoms with Gasteiger partial charge in [-0.25, -0.2) is 0 Å². The smallest absolute Gasteiger partial charge is 0.229 e. The van der Waals surface area contributed by atoms with E-state index in [0.717, 1.165) is 43.8 Å². The van der Waals surface area contributed by atoms with Crippen molar-refractivity contribution >= 4 is 17.5 Å². The Kier molecular flexibility index (Phi) is 4.20. The third-order valence-corrected chi connectivity index (χ3v) is 5.63. The Morgan fingerprint density at radius 1 is 1.22 bits per heavy atom. The number of carbonyl (C=O) groups is 1. The summed E-state index contributed by atoms with van der Waals surface area (Å²) in [4.78, 5) is 17.6. The zero-order valence-electron chi connectivity index (χ0n) is 13.3. The summed E-state index contributed by atoms with van der Waals surface area (Å²) in [5, 5.41) is 0.705. The van der Waals surface area contributed by atoms with Crippen LogP contribution >= 0.6 is 11.6 Å². The minimum atomic E-state index is -0.0751. The fourth-order valence-corrected chi connectivity index (χ4v) is 4.38. The quantitative estimate of drug-likeness (QED) is 0.791. The number of amides is 1. The second-order valence-electron chi connectivity index (χ2n) is 6.93. The molecule has 0 bridgehead atoms. The first kappa shape index (κ1) is 15.3. The first-order chi connectivity index (χ1) is 11.2. The number of hydrogen-bond acceptors (Lipinski definition) is 3. The number of benzene rings is 1. The van der Waals surface area contributed by atoms with Crippen molar-refractivity contribution in [1.82, 2.24) is 9.80 Å². The number of fused-ring (bicyclic) bond motifs is 2. The van der Waals surface area contributed by atoms with E-state index >= 15 is 0 Å². The van der Waals surface area contributed by atoms with Crippen molar-refractivity contribution in [2.75, 3.05) is 32.8 Å². The molecule has 0 N–H and O–H groups in total. The summed E-state index contributed by atoms with van der Waals surface area (Å²) in [6, 6.07) is 6.23. The number of carbonyl (C=O) groups excluding carboxylic acids is 1. The van der Waals surface area contributed by atoms with Crippen LogP contribution in [0.4, 0.5) is 0 Å². The van der Waals surface area contributed by atoms with E-state index in [2.05, 4.69) is 9.80 Å². The summed E-state index contributed by atoms with van der Waals surface area (Å²) in [7, 11) is 0. The highest BCUT2D eigenvalue weighted by molar-refractivity contribution is 6.30. The minimum Gasteiger partial charge on any atom is -0.492 e. The molecule has 0 spiro atoms. The van der Waals surface area contributed by atoms with Gasteiger partial charge in [-0.2, -0.15) is 0 Å². The molecule has 2 fully saturated rings. The van der Waals surface area contributed by atoms with E-state index in [1.165, 1.54) is 19.4 Å². The molecule has 1 aromatic rings. The van der Waals surface area contributed by atoms with Crippen molar-refractivity contribution in [2.45, 2.75) is 31.7 Å². The van der Waals surface area contributed by atoms with E-state index in [1.54, 1.807) is 0 Å². The molecule has 2 atom stereocenters. The Labute approximate surface area is 142 Å². The highest BCUT2D eigenvalue weighted by Crippen LogP contribution is 2.31. The molecule has 4 rings (SSSR count). The lowest BCUT2D eigenvalue weighted by Crippen LogP contribution is -2.44. The highest BCUT2D eigenvalue weighted by Gasteiger charge is 2.34. The lowest BCUT2D eigenvalue weighted by Gasteiger charge is -2.31. The van der Waals surface area contributed by atoms with Gasteiger partial charge in [-0.1, -0.05) is 11.6 Å². The van der Waals surface area contributed by atoms with Crippen molar-refractivity contribution in [3.05, 3.63) is 28.8 Å². The van der Waals surface area contributed by atoms with Crippen molar-refractivity contribution in [3.8, 4) is 5.75 Å². The summed E-state index contributed by atoms with van der Waals surface area (Å²) in [5.74, 6) is 1.05. The van der Waals surface area contributed by atoms with Gasteiger partial charge < -0.3 is 9.64 Å². The van der Waals surface area contributed by atoms with Gasteiger partial charge in [-0.05, 0) is 56.0 Å². The van der Waals surface area contributed by atoms with Crippen LogP contribution in [0.2, 0.25) is 5.02 Å². The van der Waals surface area contributed by atoms with E-state index in [1.807, 2.05) is 18.2 Å². The molecule has 3 aliphatic heterocycles. The molecule has 3 heterocycles. The molecule has 2 saturated heterocycles. The Hall–Kier alpha value is -1.26. The second-order valence-corrected chi connectivity index (χ2v) is 7.37. The topological polar surface area (TPSA) is 32.8 Å². The van der Waals surface area contributed by atoms with Crippen LogP contribution < -0.4 is 4.74 Å². The molecule has 1 aromatic carbocycles. The van der Waals surface area contributed by atoms with Gasteiger partial charge in [0, 0.05) is 30.7 Å². The van der Waals surface area contributed by atoms with Crippen molar-refractivity contribution < 1.29 is 9.53 Å². The van der Waals surface area contributed by atoms with E-state index in [4.69, 9.17) is 16.3 Å². The maximum absolute atomic E-state index is 13.0. The summed E-state index contributed by atoms with van der Waals surface area (Å²) in [6.07, 6.45) is 4.31. The summed E-state index contributed by atoms with van der Waals surface area (Å²) >= 11 is 6.08. The van der Waals surface area contributed by atoms with Crippen LogP contribution in [0.1, 0.15) is 24.8 Å². The average Bonchev–Trinajstić information content (AvgIpc) is 2.90. The minimum absolute atomic E-state index is 0.0751. The molecule has 0 aromatic heterocycles. The van der Waals surface area contributed by atoms with Gasteiger partial charge in [0.05, 0.1) is 5.92 Å². The molecule has 0 aliphatic carbocycles. The van der Waals surface area contributed by atoms with E-state index in [0.29, 0.717) is 17.7 Å². The van der Waals surface area contributed by atoms with Gasteiger partial charge in [-0.15, -0.1) is 0 Å². The Bertz CT molecular complexity index is 607. The van der Waals surface area contributed by atoms with Gasteiger partial charge in [0.1, 0.15) is 12.4 Å². The maximum Gasteiger partial charge on any atom is 0.229 e. The molecule has 5 heteroatoms. The van der Waals surface area contributed by atoms with E-state index < -0.39 is 0 Å². The molecule has 124 valence electrons. The normalized spacial score (nSPS) is 27.8. The molecule has 2 unspecified atom stereocenters. The third kappa shape index (κ3) is 3.07. The molecular formula is C18H23ClN2O2. The molecule has 4 nitrogen and oxygen atoms in total. The molecule has 0 radical (unpaired) electrons. The Morgan fingerprint density at radius 2 is 2.09 bits per heavy atom. The lowest BCUT2D eigenvalue weighted by atomic mass is 9.95. The SMILES string of the molecule is O=C(C1COc2ccc(Cl)cc2C1)N1CCCN2CCCC2C1. The summed E-state index contributed by atoms with van der Waals surface area (Å²) < 4.78 is 5.80. The summed E-state index contributed by atoms with van der Waals surface area (Å²) in [6.45, 7) is 4.58. The Balaban J connectivity index is 1.46. The molecule has 3 aliphatic rings. The van der Waals surface area contributed by atoms with Crippen LogP contribution in [0.25, 0.3) is 0 Å². The van der Waals surface area contributed by atoms with Gasteiger partial charge >= 0.3 is 0 Å².